The Kier molecular flexibility index (Phi) is 6.91. The maximum atomic E-state index is 11.6. The van der Waals surface area contributed by atoms with Gasteiger partial charge in [0.2, 0.25) is 12.1 Å². The molecule has 1 saturated carbocycles. The summed E-state index contributed by atoms with van der Waals surface area (Å²) in [5, 5.41) is 53.9. The predicted octanol–water partition coefficient (Wildman–Crippen LogP) is -1.97. The Balaban J connectivity index is 1.57. The van der Waals surface area contributed by atoms with Gasteiger partial charge in [0, 0.05) is 19.5 Å². The van der Waals surface area contributed by atoms with Crippen LogP contribution in [0.5, 0.6) is 0 Å². The van der Waals surface area contributed by atoms with E-state index in [9.17, 15) is 20.4 Å². The van der Waals surface area contributed by atoms with E-state index >= 15 is 0 Å². The lowest BCUT2D eigenvalue weighted by atomic mass is 9.77. The lowest BCUT2D eigenvalue weighted by Crippen LogP contribution is -2.81. The van der Waals surface area contributed by atoms with Gasteiger partial charge in [0.1, 0.15) is 23.9 Å². The molecular formula is C22H35N3O7. The van der Waals surface area contributed by atoms with Gasteiger partial charge in [0.15, 0.2) is 0 Å². The van der Waals surface area contributed by atoms with E-state index < -0.39 is 60.3 Å². The van der Waals surface area contributed by atoms with Gasteiger partial charge in [0.25, 0.3) is 0 Å². The van der Waals surface area contributed by atoms with Gasteiger partial charge in [-0.3, -0.25) is 0 Å². The summed E-state index contributed by atoms with van der Waals surface area (Å²) in [5.41, 5.74) is -0.698. The zero-order valence-corrected chi connectivity index (χ0v) is 18.6. The summed E-state index contributed by atoms with van der Waals surface area (Å²) < 4.78 is 17.9. The van der Waals surface area contributed by atoms with E-state index in [1.165, 1.54) is 0 Å². The molecule has 0 bridgehead atoms. The van der Waals surface area contributed by atoms with E-state index in [0.717, 1.165) is 5.56 Å². The third-order valence-corrected chi connectivity index (χ3v) is 6.94. The molecule has 3 aliphatic rings. The molecule has 7 N–H and O–H groups in total. The van der Waals surface area contributed by atoms with E-state index in [1.807, 2.05) is 30.3 Å². The second-order valence-corrected chi connectivity index (χ2v) is 9.09. The number of rotatable bonds is 6. The molecule has 10 atom stereocenters. The highest BCUT2D eigenvalue weighted by atomic mass is 16.8. The summed E-state index contributed by atoms with van der Waals surface area (Å²) in [6.07, 6.45) is -5.56. The molecule has 1 aliphatic carbocycles. The molecule has 4 rings (SSSR count). The largest absolute Gasteiger partial charge is 0.390 e. The van der Waals surface area contributed by atoms with Crippen molar-refractivity contribution in [1.29, 1.82) is 0 Å². The zero-order chi connectivity index (χ0) is 23.1. The molecule has 1 aromatic carbocycles. The lowest BCUT2D eigenvalue weighted by molar-refractivity contribution is -0.482. The van der Waals surface area contributed by atoms with Crippen LogP contribution in [0.25, 0.3) is 0 Å². The van der Waals surface area contributed by atoms with Gasteiger partial charge in [-0.2, -0.15) is 0 Å². The average molecular weight is 454 g/mol. The molecule has 2 saturated heterocycles. The van der Waals surface area contributed by atoms with Crippen LogP contribution in [0.2, 0.25) is 0 Å². The number of hydrogen-bond donors (Lipinski definition) is 7. The van der Waals surface area contributed by atoms with Crippen molar-refractivity contribution in [2.75, 3.05) is 20.6 Å². The van der Waals surface area contributed by atoms with Crippen LogP contribution < -0.4 is 16.0 Å². The van der Waals surface area contributed by atoms with Gasteiger partial charge in [-0.05, 0) is 26.6 Å². The first-order valence-corrected chi connectivity index (χ1v) is 11.1. The van der Waals surface area contributed by atoms with E-state index in [2.05, 4.69) is 16.0 Å². The minimum absolute atomic E-state index is 0.0256. The van der Waals surface area contributed by atoms with E-state index in [-0.39, 0.29) is 13.0 Å². The molecule has 1 aromatic rings. The first kappa shape index (κ1) is 24.0. The number of nitrogens with one attached hydrogen (secondary N) is 3. The molecule has 3 fully saturated rings. The van der Waals surface area contributed by atoms with Crippen LogP contribution in [-0.4, -0.2) is 101 Å². The molecule has 2 aliphatic heterocycles. The van der Waals surface area contributed by atoms with Crippen molar-refractivity contribution in [3.63, 3.8) is 0 Å². The van der Waals surface area contributed by atoms with E-state index in [4.69, 9.17) is 14.2 Å². The molecule has 0 amide bonds. The first-order chi connectivity index (χ1) is 15.2. The second kappa shape index (κ2) is 9.22. The Morgan fingerprint density at radius 1 is 0.969 bits per heavy atom. The van der Waals surface area contributed by atoms with Crippen LogP contribution in [0, 0.1) is 0 Å². The van der Waals surface area contributed by atoms with Crippen LogP contribution in [-0.2, 0) is 20.8 Å². The number of likely N-dealkylation sites (N-methyl/N-ethyl adjacent to an activating group) is 2. The minimum Gasteiger partial charge on any atom is -0.390 e. The number of aliphatic hydroxyl groups excluding tert-OH is 2. The van der Waals surface area contributed by atoms with Gasteiger partial charge in [-0.1, -0.05) is 30.3 Å². The topological polar surface area (TPSA) is 145 Å². The van der Waals surface area contributed by atoms with Crippen LogP contribution in [0.3, 0.4) is 0 Å². The number of ether oxygens (including phenoxy) is 3. The molecule has 10 nitrogen and oxygen atoms in total. The number of hydrogen-bond acceptors (Lipinski definition) is 10. The van der Waals surface area contributed by atoms with Crippen molar-refractivity contribution >= 4 is 0 Å². The van der Waals surface area contributed by atoms with Crippen molar-refractivity contribution in [3.05, 3.63) is 35.9 Å². The van der Waals surface area contributed by atoms with Crippen LogP contribution in [0.1, 0.15) is 18.9 Å². The summed E-state index contributed by atoms with van der Waals surface area (Å²) in [5.74, 6) is -2.20. The monoisotopic (exact) mass is 453 g/mol. The number of fused-ring (bicyclic) bond motifs is 2. The maximum Gasteiger partial charge on any atom is 0.249 e. The maximum absolute atomic E-state index is 11.6. The Bertz CT molecular complexity index is 773. The van der Waals surface area contributed by atoms with Gasteiger partial charge < -0.3 is 50.6 Å². The highest BCUT2D eigenvalue weighted by Gasteiger charge is 2.68. The minimum atomic E-state index is -2.20. The fourth-order valence-corrected chi connectivity index (χ4v) is 5.24. The fourth-order valence-electron chi connectivity index (χ4n) is 5.24. The molecule has 0 spiro atoms. The predicted molar refractivity (Wildman–Crippen MR) is 114 cm³/mol. The quantitative estimate of drug-likeness (QED) is 0.259. The number of benzene rings is 1. The van der Waals surface area contributed by atoms with Crippen molar-refractivity contribution in [2.24, 2.45) is 0 Å². The number of aliphatic hydroxyl groups is 4. The molecular weight excluding hydrogens is 418 g/mol. The summed E-state index contributed by atoms with van der Waals surface area (Å²) in [4.78, 5) is 0. The highest BCUT2D eigenvalue weighted by Crippen LogP contribution is 2.46. The normalized spacial score (nSPS) is 46.3. The Hall–Kier alpha value is -1.18. The highest BCUT2D eigenvalue weighted by molar-refractivity contribution is 5.15. The summed E-state index contributed by atoms with van der Waals surface area (Å²) >= 11 is 0. The smallest absolute Gasteiger partial charge is 0.249 e. The summed E-state index contributed by atoms with van der Waals surface area (Å²) in [6, 6.07) is 8.39. The fraction of sp³-hybridized carbons (Fsp3) is 0.727. The molecule has 10 heteroatoms. The van der Waals surface area contributed by atoms with Crippen molar-refractivity contribution in [1.82, 2.24) is 16.0 Å². The first-order valence-electron chi connectivity index (χ1n) is 11.1. The average Bonchev–Trinajstić information content (AvgIpc) is 2.75. The Morgan fingerprint density at radius 2 is 1.66 bits per heavy atom. The molecule has 0 radical (unpaired) electrons. The second-order valence-electron chi connectivity index (χ2n) is 9.09. The van der Waals surface area contributed by atoms with Crippen LogP contribution >= 0.6 is 0 Å². The van der Waals surface area contributed by atoms with Gasteiger partial charge in [0.05, 0.1) is 24.3 Å². The Labute approximate surface area is 187 Å². The van der Waals surface area contributed by atoms with Crippen LogP contribution in [0.4, 0.5) is 0 Å². The van der Waals surface area contributed by atoms with Gasteiger partial charge in [-0.25, -0.2) is 0 Å². The van der Waals surface area contributed by atoms with Gasteiger partial charge in [-0.15, -0.1) is 0 Å². The third kappa shape index (κ3) is 3.98. The standard InChI is InChI=1S/C22H35N3O7/c1-12-9-21(28,11-25-10-13-7-5-4-6-8-13)22(29)20(30-12)31-19-17(27)14(23-2)16(26)15(24-3)18(19)32-22/h4-8,12,14-20,23-29H,9-11H2,1-3H3/t12-,14-,15+,16+,17+,18-,19-,20+,21-,22-/m1/s1. The van der Waals surface area contributed by atoms with Crippen molar-refractivity contribution < 1.29 is 34.6 Å². The summed E-state index contributed by atoms with van der Waals surface area (Å²) in [7, 11) is 3.29. The van der Waals surface area contributed by atoms with E-state index in [1.54, 1.807) is 21.0 Å². The molecule has 2 heterocycles. The molecule has 180 valence electrons. The van der Waals surface area contributed by atoms with E-state index in [0.29, 0.717) is 6.54 Å². The van der Waals surface area contributed by atoms with Crippen molar-refractivity contribution in [2.45, 2.75) is 80.2 Å². The SMILES string of the molecule is CN[C@@H]1[C@H](O)[C@H](NC)[C@H]2O[C@]3(O)[C@H](O[C@@H]2[C@H]1O)O[C@H](C)C[C@@]3(O)CNCc1ccccc1. The van der Waals surface area contributed by atoms with Gasteiger partial charge >= 0.3 is 0 Å². The van der Waals surface area contributed by atoms with Crippen molar-refractivity contribution in [3.8, 4) is 0 Å². The molecule has 32 heavy (non-hydrogen) atoms. The lowest BCUT2D eigenvalue weighted by Gasteiger charge is -2.60. The zero-order valence-electron chi connectivity index (χ0n) is 18.6. The summed E-state index contributed by atoms with van der Waals surface area (Å²) in [6.45, 7) is 2.30. The third-order valence-electron chi connectivity index (χ3n) is 6.94. The molecule has 0 aromatic heterocycles. The Morgan fingerprint density at radius 3 is 2.31 bits per heavy atom. The molecule has 0 unspecified atom stereocenters. The van der Waals surface area contributed by atoms with Crippen LogP contribution in [0.15, 0.2) is 30.3 Å².